The van der Waals surface area contributed by atoms with Crippen LogP contribution in [-0.2, 0) is 3.74 Å². The molecule has 0 aromatic carbocycles. The second-order valence-corrected chi connectivity index (χ2v) is 4.17. The van der Waals surface area contributed by atoms with Gasteiger partial charge in [0.1, 0.15) is 0 Å². The molecule has 0 aromatic rings. The molecule has 5 N–H and O–H groups in total. The third-order valence-electron chi connectivity index (χ3n) is 0. The molecule has 40 valence electrons. The Labute approximate surface area is 38.8 Å². The molecule has 0 heterocycles. The summed E-state index contributed by atoms with van der Waals surface area (Å²) in [5.41, 5.74) is 0.804. The summed E-state index contributed by atoms with van der Waals surface area (Å²) in [5.74, 6) is 0. The van der Waals surface area contributed by atoms with Crippen LogP contribution in [0.2, 0.25) is 5.71 Å². The summed E-state index contributed by atoms with van der Waals surface area (Å²) in [5, 5.41) is 0. The Bertz CT molecular complexity index is 56.9. The molecule has 0 aliphatic heterocycles. The van der Waals surface area contributed by atoms with Gasteiger partial charge in [0.05, 0.1) is 0 Å². The van der Waals surface area contributed by atoms with Gasteiger partial charge in [-0.2, -0.15) is 0 Å². The van der Waals surface area contributed by atoms with Crippen LogP contribution < -0.4 is 10.2 Å². The van der Waals surface area contributed by atoms with Crippen molar-refractivity contribution in [3.8, 4) is 0 Å². The first-order chi connectivity index (χ1) is 2.00. The van der Waals surface area contributed by atoms with E-state index in [-0.39, 0.29) is 6.15 Å². The first-order valence-electron chi connectivity index (χ1n) is 1.01. The largest absolute Gasteiger partial charge is 0.369 e. The van der Waals surface area contributed by atoms with Gasteiger partial charge in [0.15, 0.2) is 0 Å². The van der Waals surface area contributed by atoms with Crippen LogP contribution in [0.5, 0.6) is 0 Å². The minimum Gasteiger partial charge on any atom is -0.369 e. The molecule has 0 saturated carbocycles. The summed E-state index contributed by atoms with van der Waals surface area (Å²) in [6.07, 6.45) is 0. The summed E-state index contributed by atoms with van der Waals surface area (Å²) in [4.78, 5) is 0. The van der Waals surface area contributed by atoms with E-state index in [4.69, 9.17) is 4.10 Å². The molecule has 0 saturated heterocycles. The summed E-state index contributed by atoms with van der Waals surface area (Å²) in [6, 6.07) is 0. The van der Waals surface area contributed by atoms with Crippen molar-refractivity contribution in [1.29, 1.82) is 0 Å². The van der Waals surface area contributed by atoms with Crippen LogP contribution >= 0.6 is 0 Å². The molecule has 6 heavy (non-hydrogen) atoms. The standard InChI is InChI=1S/CH5AsO3.H3N/c1-2(3,4)5;/h1H3,(H2,3,4,5);1H3. The number of quaternary nitrogens is 1. The van der Waals surface area contributed by atoms with Crippen molar-refractivity contribution in [2.75, 3.05) is 0 Å². The zero-order chi connectivity index (χ0) is 4.50. The van der Waals surface area contributed by atoms with Crippen LogP contribution in [0.3, 0.4) is 0 Å². The van der Waals surface area contributed by atoms with Crippen molar-refractivity contribution >= 4 is 14.2 Å². The minimum atomic E-state index is -4.38. The van der Waals surface area contributed by atoms with E-state index in [1.807, 2.05) is 0 Å². The first kappa shape index (κ1) is 9.53. The Hall–Kier alpha value is 0.238. The number of hydrogen-bond donors (Lipinski definition) is 2. The van der Waals surface area contributed by atoms with Crippen molar-refractivity contribution in [3.05, 3.63) is 0 Å². The van der Waals surface area contributed by atoms with E-state index in [1.54, 1.807) is 0 Å². The van der Waals surface area contributed by atoms with Gasteiger partial charge in [-0.3, -0.25) is 0 Å². The Morgan fingerprint density at radius 3 is 1.83 bits per heavy atom. The van der Waals surface area contributed by atoms with E-state index in [0.29, 0.717) is 0 Å². The molecular weight excluding hydrogens is 149 g/mol. The van der Waals surface area contributed by atoms with Crippen molar-refractivity contribution in [2.24, 2.45) is 0 Å². The van der Waals surface area contributed by atoms with Crippen LogP contribution in [0.4, 0.5) is 0 Å². The average molecular weight is 157 g/mol. The molecule has 0 spiro atoms. The summed E-state index contributed by atoms with van der Waals surface area (Å²) in [7, 11) is 0. The second-order valence-electron chi connectivity index (χ2n) is 0.803. The van der Waals surface area contributed by atoms with Crippen molar-refractivity contribution in [3.63, 3.8) is 0 Å². The molecular formula is CH8AsNO3. The fourth-order valence-electron chi connectivity index (χ4n) is 0. The predicted molar refractivity (Wildman–Crippen MR) is 20.5 cm³/mol. The molecule has 4 nitrogen and oxygen atoms in total. The fraction of sp³-hybridized carbons (Fsp3) is 1.00. The van der Waals surface area contributed by atoms with Gasteiger partial charge >= 0.3 is 31.8 Å². The maximum atomic E-state index is 9.28. The molecule has 0 radical (unpaired) electrons. The Balaban J connectivity index is 0. The van der Waals surface area contributed by atoms with Crippen molar-refractivity contribution in [1.82, 2.24) is 6.15 Å². The Kier molecular flexibility index (Phi) is 3.84. The molecule has 0 aromatic heterocycles. The van der Waals surface area contributed by atoms with Gasteiger partial charge in [-0.15, -0.1) is 0 Å². The quantitative estimate of drug-likeness (QED) is 0.428. The molecule has 0 bridgehead atoms. The van der Waals surface area contributed by atoms with Crippen LogP contribution in [0.15, 0.2) is 0 Å². The van der Waals surface area contributed by atoms with Gasteiger partial charge in [0.25, 0.3) is 0 Å². The minimum absolute atomic E-state index is 0. The van der Waals surface area contributed by atoms with Gasteiger partial charge in [-0.25, -0.2) is 0 Å². The van der Waals surface area contributed by atoms with Gasteiger partial charge in [0, 0.05) is 0 Å². The number of hydrogen-bond acceptors (Lipinski definition) is 2. The van der Waals surface area contributed by atoms with Crippen molar-refractivity contribution < 1.29 is 11.9 Å². The zero-order valence-corrected chi connectivity index (χ0v) is 5.59. The molecule has 1 unspecified atom stereocenters. The van der Waals surface area contributed by atoms with E-state index in [0.717, 1.165) is 5.71 Å². The van der Waals surface area contributed by atoms with Gasteiger partial charge in [-0.05, 0) is 0 Å². The topological polar surface area (TPSA) is 96.9 Å². The molecule has 0 aliphatic carbocycles. The summed E-state index contributed by atoms with van der Waals surface area (Å²) in [6.45, 7) is 0. The zero-order valence-electron chi connectivity index (χ0n) is 3.71. The van der Waals surface area contributed by atoms with Crippen LogP contribution in [0.1, 0.15) is 0 Å². The molecule has 5 heteroatoms. The Morgan fingerprint density at radius 2 is 1.83 bits per heavy atom. The van der Waals surface area contributed by atoms with E-state index < -0.39 is 14.2 Å². The Morgan fingerprint density at radius 1 is 1.83 bits per heavy atom. The van der Waals surface area contributed by atoms with Crippen LogP contribution in [0, 0.1) is 0 Å². The molecule has 0 fully saturated rings. The normalized spacial score (nSPS) is 17.8. The first-order valence-corrected chi connectivity index (χ1v) is 5.26. The molecule has 0 aliphatic rings. The van der Waals surface area contributed by atoms with Crippen molar-refractivity contribution in [2.45, 2.75) is 5.71 Å². The predicted octanol–water partition coefficient (Wildman–Crippen LogP) is -1.29. The monoisotopic (exact) mass is 157 g/mol. The van der Waals surface area contributed by atoms with Gasteiger partial charge in [0.2, 0.25) is 0 Å². The smallest absolute Gasteiger partial charge is 0.369 e. The average Bonchev–Trinajstić information content (AvgIpc) is 0.722. The number of rotatable bonds is 0. The fourth-order valence-corrected chi connectivity index (χ4v) is 0. The SMILES string of the molecule is C[As](=O)([O-])O.[NH4+]. The van der Waals surface area contributed by atoms with E-state index >= 15 is 0 Å². The van der Waals surface area contributed by atoms with E-state index in [2.05, 4.69) is 0 Å². The van der Waals surface area contributed by atoms with E-state index in [1.165, 1.54) is 0 Å². The molecule has 0 amide bonds. The molecule has 0 rings (SSSR count). The summed E-state index contributed by atoms with van der Waals surface area (Å²) >= 11 is -4.38. The van der Waals surface area contributed by atoms with Crippen LogP contribution in [-0.4, -0.2) is 18.3 Å². The van der Waals surface area contributed by atoms with E-state index in [9.17, 15) is 7.84 Å². The van der Waals surface area contributed by atoms with Crippen LogP contribution in [0.25, 0.3) is 0 Å². The van der Waals surface area contributed by atoms with Gasteiger partial charge in [-0.1, -0.05) is 0 Å². The maximum absolute atomic E-state index is 9.28. The third-order valence-corrected chi connectivity index (χ3v) is 0. The van der Waals surface area contributed by atoms with Gasteiger partial charge < -0.3 is 6.15 Å². The third kappa shape index (κ3) is 782. The second kappa shape index (κ2) is 2.42. The molecule has 1 atom stereocenters. The maximum Gasteiger partial charge on any atom is -0.369 e. The summed E-state index contributed by atoms with van der Waals surface area (Å²) < 4.78 is 26.1.